The van der Waals surface area contributed by atoms with Crippen LogP contribution in [0.15, 0.2) is 0 Å². The fourth-order valence-corrected chi connectivity index (χ4v) is 12.4. The van der Waals surface area contributed by atoms with Crippen molar-refractivity contribution in [1.29, 1.82) is 0 Å². The summed E-state index contributed by atoms with van der Waals surface area (Å²) in [7, 11) is -9.89. The lowest BCUT2D eigenvalue weighted by Gasteiger charge is -2.21. The lowest BCUT2D eigenvalue weighted by atomic mass is 10.0. The summed E-state index contributed by atoms with van der Waals surface area (Å²) in [6.07, 6.45) is 51.9. The van der Waals surface area contributed by atoms with Gasteiger partial charge in [-0.2, -0.15) is 0 Å². The number of phosphoric acid groups is 2. The number of hydrogen-bond acceptors (Lipinski definition) is 15. The smallest absolute Gasteiger partial charge is 0.462 e. The fraction of sp³-hybridized carbons (Fsp3) is 0.944. The molecule has 3 N–H and O–H groups in total. The van der Waals surface area contributed by atoms with Gasteiger partial charge in [0.2, 0.25) is 0 Å². The van der Waals surface area contributed by atoms with Gasteiger partial charge in [-0.25, -0.2) is 9.13 Å². The van der Waals surface area contributed by atoms with Crippen molar-refractivity contribution in [2.45, 2.75) is 387 Å². The Hall–Kier alpha value is -1.94. The third-order valence-electron chi connectivity index (χ3n) is 16.5. The standard InChI is InChI=1S/C71H138O17P2/c1-6-9-12-15-17-19-21-22-23-24-25-26-27-28-29-30-31-32-38-42-47-52-57-71(76)88-67(61-82-69(74)55-50-45-40-37-34-33-35-39-44-48-53-64(4)5)63-86-90(79,80)84-59-65(72)58-83-89(77,78)85-62-66(60-81-68(73)54-49-43-14-11-8-3)87-70(75)56-51-46-41-36-20-18-16-13-10-7-2/h64-67,72H,6-63H2,1-5H3,(H,77,78)(H,79,80)/t65-,66+,67+/m0/s1. The Morgan fingerprint density at radius 3 is 0.756 bits per heavy atom. The highest BCUT2D eigenvalue weighted by Crippen LogP contribution is 2.45. The van der Waals surface area contributed by atoms with Crippen molar-refractivity contribution in [3.63, 3.8) is 0 Å². The number of phosphoric ester groups is 2. The Bertz CT molecular complexity index is 1740. The molecule has 0 saturated heterocycles. The Labute approximate surface area is 549 Å². The second kappa shape index (κ2) is 64.4. The van der Waals surface area contributed by atoms with E-state index in [1.165, 1.54) is 186 Å². The summed E-state index contributed by atoms with van der Waals surface area (Å²) in [4.78, 5) is 72.2. The first kappa shape index (κ1) is 88.1. The van der Waals surface area contributed by atoms with Crippen LogP contribution in [0.3, 0.4) is 0 Å². The molecular weight excluding hydrogens is 1190 g/mol. The van der Waals surface area contributed by atoms with Gasteiger partial charge in [-0.1, -0.05) is 317 Å². The summed E-state index contributed by atoms with van der Waals surface area (Å²) in [6, 6.07) is 0. The molecule has 0 radical (unpaired) electrons. The van der Waals surface area contributed by atoms with Crippen LogP contribution in [0.5, 0.6) is 0 Å². The van der Waals surface area contributed by atoms with Crippen molar-refractivity contribution in [2.75, 3.05) is 39.6 Å². The normalized spacial score (nSPS) is 14.1. The minimum absolute atomic E-state index is 0.106. The molecule has 0 spiro atoms. The first-order chi connectivity index (χ1) is 43.5. The maximum Gasteiger partial charge on any atom is 0.472 e. The van der Waals surface area contributed by atoms with Crippen molar-refractivity contribution in [2.24, 2.45) is 5.92 Å². The highest BCUT2D eigenvalue weighted by molar-refractivity contribution is 7.47. The van der Waals surface area contributed by atoms with E-state index in [9.17, 15) is 43.2 Å². The third-order valence-corrected chi connectivity index (χ3v) is 18.4. The number of esters is 4. The minimum atomic E-state index is -4.95. The molecule has 0 fully saturated rings. The molecule has 0 aliphatic rings. The van der Waals surface area contributed by atoms with Gasteiger partial charge < -0.3 is 33.8 Å². The van der Waals surface area contributed by atoms with Gasteiger partial charge in [0, 0.05) is 25.7 Å². The summed E-state index contributed by atoms with van der Waals surface area (Å²) < 4.78 is 68.0. The van der Waals surface area contributed by atoms with E-state index in [2.05, 4.69) is 34.6 Å². The van der Waals surface area contributed by atoms with Gasteiger partial charge in [-0.05, 0) is 31.6 Å². The van der Waals surface area contributed by atoms with Crippen LogP contribution in [0.1, 0.15) is 369 Å². The second-order valence-electron chi connectivity index (χ2n) is 26.1. The number of aliphatic hydroxyl groups is 1. The van der Waals surface area contributed by atoms with Gasteiger partial charge in [0.05, 0.1) is 26.4 Å². The summed E-state index contributed by atoms with van der Waals surface area (Å²) >= 11 is 0. The molecule has 0 heterocycles. The summed E-state index contributed by atoms with van der Waals surface area (Å²) in [5.74, 6) is -1.38. The van der Waals surface area contributed by atoms with E-state index in [1.54, 1.807) is 0 Å². The van der Waals surface area contributed by atoms with Gasteiger partial charge in [0.15, 0.2) is 12.2 Å². The maximum atomic E-state index is 13.0. The van der Waals surface area contributed by atoms with Gasteiger partial charge >= 0.3 is 39.5 Å². The van der Waals surface area contributed by atoms with Crippen molar-refractivity contribution in [3.05, 3.63) is 0 Å². The zero-order valence-electron chi connectivity index (χ0n) is 58.3. The molecule has 0 aromatic carbocycles. The van der Waals surface area contributed by atoms with Crippen LogP contribution in [0, 0.1) is 5.92 Å². The lowest BCUT2D eigenvalue weighted by Crippen LogP contribution is -2.30. The van der Waals surface area contributed by atoms with Crippen LogP contribution in [0.4, 0.5) is 0 Å². The van der Waals surface area contributed by atoms with Crippen molar-refractivity contribution in [1.82, 2.24) is 0 Å². The largest absolute Gasteiger partial charge is 0.472 e. The predicted molar refractivity (Wildman–Crippen MR) is 363 cm³/mol. The number of carbonyl (C=O) groups is 4. The Morgan fingerprint density at radius 1 is 0.300 bits per heavy atom. The molecule has 90 heavy (non-hydrogen) atoms. The molecule has 0 aromatic rings. The first-order valence-corrected chi connectivity index (χ1v) is 40.1. The Kier molecular flexibility index (Phi) is 63.0. The summed E-state index contributed by atoms with van der Waals surface area (Å²) in [5.41, 5.74) is 0. The molecule has 19 heteroatoms. The molecule has 0 bridgehead atoms. The van der Waals surface area contributed by atoms with Gasteiger partial charge in [0.1, 0.15) is 19.3 Å². The SMILES string of the molecule is CCCCCCCCCCCCCCCCCCCCCCCCC(=O)O[C@H](COC(=O)CCCCCCCCCCCCC(C)C)COP(=O)(O)OC[C@@H](O)COP(=O)(O)OC[C@@H](COC(=O)CCCCCCC)OC(=O)CCCCCCCCCCCC. The van der Waals surface area contributed by atoms with Gasteiger partial charge in [-0.15, -0.1) is 0 Å². The van der Waals surface area contributed by atoms with Gasteiger partial charge in [0.25, 0.3) is 0 Å². The first-order valence-electron chi connectivity index (χ1n) is 37.1. The fourth-order valence-electron chi connectivity index (χ4n) is 10.8. The second-order valence-corrected chi connectivity index (χ2v) is 29.0. The maximum absolute atomic E-state index is 13.0. The average Bonchev–Trinajstić information content (AvgIpc) is 3.73. The van der Waals surface area contributed by atoms with E-state index < -0.39 is 97.5 Å². The van der Waals surface area contributed by atoms with Gasteiger partial charge in [-0.3, -0.25) is 37.3 Å². The molecule has 534 valence electrons. The number of aliphatic hydroxyl groups excluding tert-OH is 1. The number of hydrogen-bond donors (Lipinski definition) is 3. The Balaban J connectivity index is 5.09. The quantitative estimate of drug-likeness (QED) is 0.0222. The molecule has 2 unspecified atom stereocenters. The molecule has 5 atom stereocenters. The van der Waals surface area contributed by atoms with E-state index >= 15 is 0 Å². The molecular formula is C71H138O17P2. The lowest BCUT2D eigenvalue weighted by molar-refractivity contribution is -0.161. The average molecular weight is 1330 g/mol. The van der Waals surface area contributed by atoms with Crippen LogP contribution in [0.25, 0.3) is 0 Å². The molecule has 17 nitrogen and oxygen atoms in total. The van der Waals surface area contributed by atoms with Crippen LogP contribution >= 0.6 is 15.6 Å². The van der Waals surface area contributed by atoms with Crippen molar-refractivity contribution in [3.8, 4) is 0 Å². The minimum Gasteiger partial charge on any atom is -0.462 e. The van der Waals surface area contributed by atoms with E-state index in [1.807, 2.05) is 0 Å². The highest BCUT2D eigenvalue weighted by Gasteiger charge is 2.30. The molecule has 0 saturated carbocycles. The van der Waals surface area contributed by atoms with Crippen molar-refractivity contribution < 1.29 is 80.2 Å². The highest BCUT2D eigenvalue weighted by atomic mass is 31.2. The van der Waals surface area contributed by atoms with Crippen LogP contribution in [-0.4, -0.2) is 96.7 Å². The molecule has 0 rings (SSSR count). The third kappa shape index (κ3) is 64.8. The van der Waals surface area contributed by atoms with Crippen molar-refractivity contribution >= 4 is 39.5 Å². The monoisotopic (exact) mass is 1320 g/mol. The molecule has 0 aromatic heterocycles. The topological polar surface area (TPSA) is 237 Å². The predicted octanol–water partition coefficient (Wildman–Crippen LogP) is 20.5. The zero-order chi connectivity index (χ0) is 66.3. The Morgan fingerprint density at radius 2 is 0.511 bits per heavy atom. The number of ether oxygens (including phenoxy) is 4. The van der Waals surface area contributed by atoms with E-state index in [0.717, 1.165) is 102 Å². The van der Waals surface area contributed by atoms with E-state index in [-0.39, 0.29) is 25.7 Å². The van der Waals surface area contributed by atoms with E-state index in [4.69, 9.17) is 37.0 Å². The number of unbranched alkanes of at least 4 members (excludes halogenated alkanes) is 43. The molecule has 0 amide bonds. The number of rotatable bonds is 71. The van der Waals surface area contributed by atoms with Crippen LogP contribution in [-0.2, 0) is 65.4 Å². The molecule has 0 aliphatic carbocycles. The van der Waals surface area contributed by atoms with E-state index in [0.29, 0.717) is 25.7 Å². The summed E-state index contributed by atoms with van der Waals surface area (Å²) in [6.45, 7) is 7.14. The van der Waals surface area contributed by atoms with Crippen LogP contribution in [0.2, 0.25) is 0 Å². The van der Waals surface area contributed by atoms with Crippen LogP contribution < -0.4 is 0 Å². The zero-order valence-corrected chi connectivity index (χ0v) is 60.1. The molecule has 0 aliphatic heterocycles. The number of carbonyl (C=O) groups excluding carboxylic acids is 4. The summed E-state index contributed by atoms with van der Waals surface area (Å²) in [5, 5.41) is 10.5.